The molecule has 3 aliphatic rings. The highest BCUT2D eigenvalue weighted by Crippen LogP contribution is 2.38. The lowest BCUT2D eigenvalue weighted by Gasteiger charge is -2.51. The molecule has 0 radical (unpaired) electrons. The Morgan fingerprint density at radius 3 is 2.00 bits per heavy atom. The number of likely N-dealkylation sites (tertiary alicyclic amines) is 2. The SMILES string of the molecule is CC1CC2CC(C1)CN(C1CN(C)C1)C2. The van der Waals surface area contributed by atoms with Crippen molar-refractivity contribution in [1.82, 2.24) is 9.80 Å². The van der Waals surface area contributed by atoms with Crippen molar-refractivity contribution in [2.24, 2.45) is 17.8 Å². The molecule has 86 valence electrons. The van der Waals surface area contributed by atoms with Crippen molar-refractivity contribution < 1.29 is 0 Å². The number of hydrogen-bond acceptors (Lipinski definition) is 2. The fourth-order valence-electron chi connectivity index (χ4n) is 4.13. The van der Waals surface area contributed by atoms with Crippen molar-refractivity contribution in [3.05, 3.63) is 0 Å². The van der Waals surface area contributed by atoms with E-state index in [-0.39, 0.29) is 0 Å². The number of rotatable bonds is 1. The Morgan fingerprint density at radius 1 is 0.867 bits per heavy atom. The van der Waals surface area contributed by atoms with E-state index in [2.05, 4.69) is 23.8 Å². The third-order valence-corrected chi connectivity index (χ3v) is 4.68. The van der Waals surface area contributed by atoms with Crippen LogP contribution in [0.3, 0.4) is 0 Å². The van der Waals surface area contributed by atoms with Crippen LogP contribution < -0.4 is 0 Å². The largest absolute Gasteiger partial charge is 0.303 e. The molecule has 2 heterocycles. The molecule has 2 unspecified atom stereocenters. The molecule has 0 aromatic heterocycles. The van der Waals surface area contributed by atoms with Gasteiger partial charge in [0.15, 0.2) is 0 Å². The zero-order chi connectivity index (χ0) is 10.4. The minimum atomic E-state index is 0.897. The average molecular weight is 208 g/mol. The summed E-state index contributed by atoms with van der Waals surface area (Å²) in [6, 6.07) is 0.897. The molecule has 2 aliphatic heterocycles. The van der Waals surface area contributed by atoms with Gasteiger partial charge in [-0.25, -0.2) is 0 Å². The maximum absolute atomic E-state index is 2.80. The highest BCUT2D eigenvalue weighted by atomic mass is 15.3. The first kappa shape index (κ1) is 10.1. The van der Waals surface area contributed by atoms with E-state index in [1.807, 2.05) is 0 Å². The molecule has 3 rings (SSSR count). The summed E-state index contributed by atoms with van der Waals surface area (Å²) in [7, 11) is 2.24. The molecule has 1 saturated carbocycles. The molecule has 3 fully saturated rings. The van der Waals surface area contributed by atoms with Gasteiger partial charge in [0.1, 0.15) is 0 Å². The highest BCUT2D eigenvalue weighted by molar-refractivity contribution is 4.93. The van der Waals surface area contributed by atoms with E-state index in [0.717, 1.165) is 23.8 Å². The fraction of sp³-hybridized carbons (Fsp3) is 1.00. The number of nitrogens with zero attached hydrogens (tertiary/aromatic N) is 2. The second-order valence-corrected chi connectivity index (χ2v) is 6.37. The first-order chi connectivity index (χ1) is 7.20. The molecule has 2 nitrogen and oxygen atoms in total. The van der Waals surface area contributed by atoms with Crippen LogP contribution in [0.2, 0.25) is 0 Å². The predicted octanol–water partition coefficient (Wildman–Crippen LogP) is 1.67. The molecule has 2 bridgehead atoms. The van der Waals surface area contributed by atoms with E-state index in [1.54, 1.807) is 0 Å². The Bertz CT molecular complexity index is 217. The summed E-state index contributed by atoms with van der Waals surface area (Å²) in [6.07, 6.45) is 4.52. The third kappa shape index (κ3) is 1.94. The number of likely N-dealkylation sites (N-methyl/N-ethyl adjacent to an activating group) is 1. The molecule has 2 atom stereocenters. The van der Waals surface area contributed by atoms with Crippen molar-refractivity contribution >= 4 is 0 Å². The summed E-state index contributed by atoms with van der Waals surface area (Å²) in [4.78, 5) is 5.24. The Hall–Kier alpha value is -0.0800. The highest BCUT2D eigenvalue weighted by Gasteiger charge is 2.38. The third-order valence-electron chi connectivity index (χ3n) is 4.68. The van der Waals surface area contributed by atoms with Crippen LogP contribution in [0.4, 0.5) is 0 Å². The second-order valence-electron chi connectivity index (χ2n) is 6.37. The van der Waals surface area contributed by atoms with Gasteiger partial charge in [-0.15, -0.1) is 0 Å². The van der Waals surface area contributed by atoms with Crippen LogP contribution in [-0.4, -0.2) is 49.1 Å². The first-order valence-electron chi connectivity index (χ1n) is 6.63. The first-order valence-corrected chi connectivity index (χ1v) is 6.63. The van der Waals surface area contributed by atoms with Crippen molar-refractivity contribution in [3.63, 3.8) is 0 Å². The van der Waals surface area contributed by atoms with Crippen LogP contribution in [0.15, 0.2) is 0 Å². The zero-order valence-electron chi connectivity index (χ0n) is 10.2. The Labute approximate surface area is 93.6 Å². The van der Waals surface area contributed by atoms with Crippen LogP contribution in [0.1, 0.15) is 26.2 Å². The van der Waals surface area contributed by atoms with Gasteiger partial charge in [-0.2, -0.15) is 0 Å². The number of piperidine rings is 1. The van der Waals surface area contributed by atoms with Crippen molar-refractivity contribution in [2.75, 3.05) is 33.2 Å². The molecule has 0 amide bonds. The van der Waals surface area contributed by atoms with Gasteiger partial charge in [-0.1, -0.05) is 6.92 Å². The summed E-state index contributed by atoms with van der Waals surface area (Å²) in [5, 5.41) is 0. The summed E-state index contributed by atoms with van der Waals surface area (Å²) in [6.45, 7) is 7.88. The maximum Gasteiger partial charge on any atom is 0.0350 e. The maximum atomic E-state index is 2.80. The van der Waals surface area contributed by atoms with Gasteiger partial charge in [0.2, 0.25) is 0 Å². The van der Waals surface area contributed by atoms with Crippen molar-refractivity contribution in [1.29, 1.82) is 0 Å². The van der Waals surface area contributed by atoms with Gasteiger partial charge < -0.3 is 4.90 Å². The lowest BCUT2D eigenvalue weighted by Crippen LogP contribution is -2.61. The summed E-state index contributed by atoms with van der Waals surface area (Å²) in [5.41, 5.74) is 0. The Balaban J connectivity index is 1.60. The van der Waals surface area contributed by atoms with E-state index in [1.165, 1.54) is 45.4 Å². The van der Waals surface area contributed by atoms with E-state index in [9.17, 15) is 0 Å². The Morgan fingerprint density at radius 2 is 1.47 bits per heavy atom. The molecule has 0 spiro atoms. The average Bonchev–Trinajstić information content (AvgIpc) is 2.10. The zero-order valence-corrected chi connectivity index (χ0v) is 10.2. The molecule has 1 aliphatic carbocycles. The molecule has 2 saturated heterocycles. The molecule has 15 heavy (non-hydrogen) atoms. The number of hydrogen-bond donors (Lipinski definition) is 0. The second kappa shape index (κ2) is 3.74. The van der Waals surface area contributed by atoms with Crippen molar-refractivity contribution in [2.45, 2.75) is 32.2 Å². The molecule has 0 aromatic rings. The monoisotopic (exact) mass is 208 g/mol. The van der Waals surface area contributed by atoms with E-state index in [4.69, 9.17) is 0 Å². The van der Waals surface area contributed by atoms with Gasteiger partial charge >= 0.3 is 0 Å². The Kier molecular flexibility index (Phi) is 2.52. The van der Waals surface area contributed by atoms with Gasteiger partial charge in [0.05, 0.1) is 0 Å². The smallest absolute Gasteiger partial charge is 0.0350 e. The summed E-state index contributed by atoms with van der Waals surface area (Å²) in [5.74, 6) is 3.05. The normalized spacial score (nSPS) is 44.0. The molecule has 2 heteroatoms. The van der Waals surface area contributed by atoms with Gasteiger partial charge in [0, 0.05) is 32.2 Å². The minimum Gasteiger partial charge on any atom is -0.303 e. The van der Waals surface area contributed by atoms with Crippen LogP contribution in [0.25, 0.3) is 0 Å². The van der Waals surface area contributed by atoms with Crippen molar-refractivity contribution in [3.8, 4) is 0 Å². The molecular weight excluding hydrogens is 184 g/mol. The van der Waals surface area contributed by atoms with Gasteiger partial charge in [-0.3, -0.25) is 4.90 Å². The fourth-order valence-corrected chi connectivity index (χ4v) is 4.13. The topological polar surface area (TPSA) is 6.48 Å². The van der Waals surface area contributed by atoms with E-state index < -0.39 is 0 Å². The number of fused-ring (bicyclic) bond motifs is 2. The molecule has 0 N–H and O–H groups in total. The van der Waals surface area contributed by atoms with Gasteiger partial charge in [0.25, 0.3) is 0 Å². The standard InChI is InChI=1S/C13H24N2/c1-10-3-11-5-12(4-10)7-15(6-11)13-8-14(2)9-13/h10-13H,3-9H2,1-2H3. The lowest BCUT2D eigenvalue weighted by molar-refractivity contribution is -0.0174. The van der Waals surface area contributed by atoms with Crippen LogP contribution >= 0.6 is 0 Å². The lowest BCUT2D eigenvalue weighted by atomic mass is 9.72. The van der Waals surface area contributed by atoms with Crippen LogP contribution in [0.5, 0.6) is 0 Å². The molecular formula is C13H24N2. The predicted molar refractivity (Wildman–Crippen MR) is 62.9 cm³/mol. The minimum absolute atomic E-state index is 0.897. The van der Waals surface area contributed by atoms with Crippen LogP contribution in [0, 0.1) is 17.8 Å². The van der Waals surface area contributed by atoms with Crippen LogP contribution in [-0.2, 0) is 0 Å². The van der Waals surface area contributed by atoms with E-state index in [0.29, 0.717) is 0 Å². The summed E-state index contributed by atoms with van der Waals surface area (Å²) >= 11 is 0. The van der Waals surface area contributed by atoms with Gasteiger partial charge in [-0.05, 0) is 44.1 Å². The van der Waals surface area contributed by atoms with E-state index >= 15 is 0 Å². The summed E-state index contributed by atoms with van der Waals surface area (Å²) < 4.78 is 0. The molecule has 0 aromatic carbocycles. The quantitative estimate of drug-likeness (QED) is 0.647.